The number of fused-ring (bicyclic) bond motifs is 4. The highest BCUT2D eigenvalue weighted by Gasteiger charge is 2.53. The van der Waals surface area contributed by atoms with Gasteiger partial charge in [-0.25, -0.2) is 10.4 Å². The van der Waals surface area contributed by atoms with E-state index in [1.54, 1.807) is 25.4 Å². The first kappa shape index (κ1) is 51.1. The molecule has 9 heterocycles. The maximum absolute atomic E-state index is 15.2. The number of rotatable bonds is 9. The van der Waals surface area contributed by atoms with Gasteiger partial charge >= 0.3 is 12.1 Å². The summed E-state index contributed by atoms with van der Waals surface area (Å²) in [5, 5.41) is 7.64. The molecule has 1 aromatic carbocycles. The molecule has 0 spiro atoms. The first-order valence-corrected chi connectivity index (χ1v) is 27.1. The summed E-state index contributed by atoms with van der Waals surface area (Å²) in [6.45, 7) is 12.8. The van der Waals surface area contributed by atoms with Crippen LogP contribution in [-0.2, 0) is 46.3 Å². The number of morpholine rings is 1. The minimum absolute atomic E-state index is 0.0514. The molecule has 74 heavy (non-hydrogen) atoms. The number of esters is 1. The molecule has 6 atom stereocenters. The fourth-order valence-corrected chi connectivity index (χ4v) is 12.7. The number of methoxy groups -OCH3 is 1. The van der Waals surface area contributed by atoms with Gasteiger partial charge in [0.1, 0.15) is 29.7 Å². The monoisotopic (exact) mass is 1040 g/mol. The summed E-state index contributed by atoms with van der Waals surface area (Å²) in [6, 6.07) is 4.97. The average Bonchev–Trinajstić information content (AvgIpc) is 4.05. The second-order valence-electron chi connectivity index (χ2n) is 22.2. The lowest BCUT2D eigenvalue weighted by Gasteiger charge is -2.53. The predicted molar refractivity (Wildman–Crippen MR) is 270 cm³/mol. The third-order valence-electron chi connectivity index (χ3n) is 16.1. The summed E-state index contributed by atoms with van der Waals surface area (Å²) in [7, 11) is 1.55. The number of pyridine rings is 1. The molecule has 3 aromatic heterocycles. The van der Waals surface area contributed by atoms with Gasteiger partial charge in [0.15, 0.2) is 0 Å². The highest BCUT2D eigenvalue weighted by molar-refractivity contribution is 7.10. The van der Waals surface area contributed by atoms with Gasteiger partial charge in [0.2, 0.25) is 5.91 Å². The van der Waals surface area contributed by atoms with Gasteiger partial charge in [-0.1, -0.05) is 38.7 Å². The van der Waals surface area contributed by atoms with Gasteiger partial charge in [-0.05, 0) is 68.7 Å². The van der Waals surface area contributed by atoms with Crippen molar-refractivity contribution in [2.24, 2.45) is 17.3 Å². The number of amides is 2. The van der Waals surface area contributed by atoms with Crippen LogP contribution in [0.4, 0.5) is 13.2 Å². The van der Waals surface area contributed by atoms with Crippen LogP contribution in [0.3, 0.4) is 0 Å². The van der Waals surface area contributed by atoms with Crippen LogP contribution in [0.2, 0.25) is 0 Å². The molecular weight excluding hydrogens is 976 g/mol. The van der Waals surface area contributed by atoms with Crippen molar-refractivity contribution in [3.05, 3.63) is 57.7 Å². The van der Waals surface area contributed by atoms with Gasteiger partial charge in [0, 0.05) is 109 Å². The Morgan fingerprint density at radius 1 is 1.05 bits per heavy atom. The summed E-state index contributed by atoms with van der Waals surface area (Å²) < 4.78 is 70.3. The number of nitrogens with one attached hydrogen (secondary N) is 2. The number of hydrogen-bond acceptors (Lipinski definition) is 14. The van der Waals surface area contributed by atoms with Crippen LogP contribution in [0, 0.1) is 29.1 Å². The van der Waals surface area contributed by atoms with E-state index in [9.17, 15) is 9.59 Å². The maximum atomic E-state index is 15.2. The smallest absolute Gasteiger partial charge is 0.406 e. The number of carbonyl (C=O) groups excluding carboxylic acids is 3. The molecule has 4 aromatic rings. The summed E-state index contributed by atoms with van der Waals surface area (Å²) >= 11 is 1.35. The number of hydrogen-bond donors (Lipinski definition) is 2. The third-order valence-corrected chi connectivity index (χ3v) is 17.1. The Morgan fingerprint density at radius 2 is 1.82 bits per heavy atom. The fraction of sp³-hybridized carbons (Fsp3) is 0.611. The zero-order valence-corrected chi connectivity index (χ0v) is 43.5. The van der Waals surface area contributed by atoms with Crippen molar-refractivity contribution >= 4 is 40.0 Å². The lowest BCUT2D eigenvalue weighted by Crippen LogP contribution is -2.72. The Balaban J connectivity index is 1.05. The molecule has 396 valence electrons. The maximum Gasteiger partial charge on any atom is 0.406 e. The number of ether oxygens (including phenoxy) is 4. The van der Waals surface area contributed by atoms with Gasteiger partial charge in [0.25, 0.3) is 5.91 Å². The molecule has 0 radical (unpaired) electrons. The SMILES string of the molecule is CO[C@@H](C)c1ncc(C#CCN2CCN(C3CC3)CC2)cc1-c1c2c3cc(ccc3n1CC(F)(F)F)-c1csc(n1)[C@@H](N1CCOCC1)[C@H](NC(=O)[C@H]1OC[C@@H]1C)C(=O)N1N[C@H](C(=O)OCC(C)(C)C2)C2CC1C2. The highest BCUT2D eigenvalue weighted by atomic mass is 32.1. The van der Waals surface area contributed by atoms with Crippen LogP contribution < -0.4 is 10.7 Å². The van der Waals surface area contributed by atoms with Crippen molar-refractivity contribution in [1.29, 1.82) is 0 Å². The molecule has 2 aliphatic carbocycles. The number of hydrazine groups is 1. The molecule has 8 aliphatic rings. The molecule has 16 nitrogen and oxygen atoms in total. The Bertz CT molecular complexity index is 2840. The van der Waals surface area contributed by atoms with E-state index in [1.807, 2.05) is 45.2 Å². The van der Waals surface area contributed by atoms with Crippen molar-refractivity contribution in [2.75, 3.05) is 79.4 Å². The van der Waals surface area contributed by atoms with E-state index < -0.39 is 66.3 Å². The molecule has 2 amide bonds. The van der Waals surface area contributed by atoms with E-state index in [0.29, 0.717) is 114 Å². The standard InChI is InChI=1S/C54H66F3N9O7S/c1-31-27-72-48(31)49(67)60-45-47(64-17-19-71-20-18-64)50-59-41(28-74-50)34-8-11-42-38(24-34)40(25-53(3,4)30-73-52(69)44-35-22-37(23-35)66(61-44)51(45)68)46(65(42)29-54(55,56)57)39-21-33(26-58-43(39)32(2)70-5)7-6-12-62-13-15-63(16-14-62)36-9-10-36/h8,11,21,24,26,28,31-32,35-37,44-45,47-48,61H,9-10,12-20,22-23,25,27,29-30H2,1-5H3,(H,60,67)/t31-,32-,35?,37?,44-,45-,47-,48-/m0/s1. The van der Waals surface area contributed by atoms with Crippen molar-refractivity contribution in [3.63, 3.8) is 0 Å². The number of aromatic nitrogens is 3. The molecular formula is C54H66F3N9O7S. The van der Waals surface area contributed by atoms with Crippen LogP contribution >= 0.6 is 11.3 Å². The summed E-state index contributed by atoms with van der Waals surface area (Å²) in [5.74, 6) is 5.14. The first-order chi connectivity index (χ1) is 35.5. The molecule has 2 saturated carbocycles. The lowest BCUT2D eigenvalue weighted by atomic mass is 9.73. The van der Waals surface area contributed by atoms with Crippen molar-refractivity contribution in [1.82, 2.24) is 45.0 Å². The van der Waals surface area contributed by atoms with Crippen LogP contribution in [0.5, 0.6) is 0 Å². The van der Waals surface area contributed by atoms with Crippen LogP contribution in [0.15, 0.2) is 35.8 Å². The molecule has 8 bridgehead atoms. The Labute approximate surface area is 433 Å². The summed E-state index contributed by atoms with van der Waals surface area (Å²) in [5.41, 5.74) is 6.40. The van der Waals surface area contributed by atoms with E-state index in [1.165, 1.54) is 33.8 Å². The van der Waals surface area contributed by atoms with E-state index in [2.05, 4.69) is 37.3 Å². The fourth-order valence-electron chi connectivity index (χ4n) is 11.7. The number of cyclic esters (lactones) is 1. The highest BCUT2D eigenvalue weighted by Crippen LogP contribution is 2.45. The second kappa shape index (κ2) is 20.5. The van der Waals surface area contributed by atoms with Gasteiger partial charge in [0.05, 0.1) is 62.2 Å². The number of carbonyl (C=O) groups is 3. The quantitative estimate of drug-likeness (QED) is 0.155. The zero-order valence-electron chi connectivity index (χ0n) is 42.7. The van der Waals surface area contributed by atoms with E-state index >= 15 is 18.0 Å². The Kier molecular flexibility index (Phi) is 14.2. The first-order valence-electron chi connectivity index (χ1n) is 26.2. The number of alkyl halides is 3. The topological polar surface area (TPSA) is 156 Å². The number of piperazine rings is 1. The number of halogens is 3. The number of thiazole rings is 1. The molecule has 0 unspecified atom stereocenters. The van der Waals surface area contributed by atoms with Crippen molar-refractivity contribution in [2.45, 2.75) is 115 Å². The minimum Gasteiger partial charge on any atom is -0.464 e. The summed E-state index contributed by atoms with van der Waals surface area (Å²) in [4.78, 5) is 60.7. The molecule has 6 aliphatic heterocycles. The molecule has 5 saturated heterocycles. The Hall–Kier alpha value is -4.98. The van der Waals surface area contributed by atoms with Gasteiger partial charge < -0.3 is 28.8 Å². The van der Waals surface area contributed by atoms with Gasteiger partial charge in [-0.2, -0.15) is 13.2 Å². The van der Waals surface area contributed by atoms with Crippen LogP contribution in [-0.4, -0.2) is 168 Å². The zero-order chi connectivity index (χ0) is 51.6. The molecule has 2 N–H and O–H groups in total. The van der Waals surface area contributed by atoms with Crippen molar-refractivity contribution < 1.29 is 46.5 Å². The van der Waals surface area contributed by atoms with Gasteiger partial charge in [-0.3, -0.25) is 39.1 Å². The number of nitrogens with zero attached hydrogens (tertiary/aromatic N) is 7. The normalized spacial score (nSPS) is 28.3. The number of benzene rings is 1. The van der Waals surface area contributed by atoms with Crippen LogP contribution in [0.1, 0.15) is 87.4 Å². The molecule has 12 rings (SSSR count). The summed E-state index contributed by atoms with van der Waals surface area (Å²) in [6.07, 6.45) is -0.427. The van der Waals surface area contributed by atoms with Crippen molar-refractivity contribution in [3.8, 4) is 34.4 Å². The largest absolute Gasteiger partial charge is 0.464 e. The predicted octanol–water partition coefficient (Wildman–Crippen LogP) is 5.74. The molecule has 20 heteroatoms. The average molecular weight is 1040 g/mol. The second-order valence-corrected chi connectivity index (χ2v) is 23.1. The minimum atomic E-state index is -4.62. The van der Waals surface area contributed by atoms with E-state index in [4.69, 9.17) is 28.9 Å². The third kappa shape index (κ3) is 10.3. The van der Waals surface area contributed by atoms with E-state index in [0.717, 1.165) is 26.2 Å². The van der Waals surface area contributed by atoms with Gasteiger partial charge in [-0.15, -0.1) is 11.3 Å². The molecule has 7 fully saturated rings. The Morgan fingerprint density at radius 3 is 2.51 bits per heavy atom. The van der Waals surface area contributed by atoms with Crippen LogP contribution in [0.25, 0.3) is 33.4 Å². The lowest BCUT2D eigenvalue weighted by molar-refractivity contribution is -0.174. The van der Waals surface area contributed by atoms with E-state index in [-0.39, 0.29) is 30.9 Å².